The van der Waals surface area contributed by atoms with Crippen molar-refractivity contribution in [3.8, 4) is 0 Å². The molecular weight excluding hydrogens is 171 g/mol. The lowest BCUT2D eigenvalue weighted by atomic mass is 9.76. The van der Waals surface area contributed by atoms with Gasteiger partial charge in [0, 0.05) is 5.56 Å². The van der Waals surface area contributed by atoms with Gasteiger partial charge in [0.1, 0.15) is 6.61 Å². The first-order valence-electron chi connectivity index (χ1n) is 3.85. The number of esters is 1. The second-order valence-corrected chi connectivity index (χ2v) is 2.82. The van der Waals surface area contributed by atoms with E-state index in [1.165, 1.54) is 0 Å². The van der Waals surface area contributed by atoms with Crippen molar-refractivity contribution in [2.75, 3.05) is 0 Å². The average molecular weight is 178 g/mol. The van der Waals surface area contributed by atoms with Crippen molar-refractivity contribution in [1.82, 2.24) is 0 Å². The Kier molecular flexibility index (Phi) is 1.83. The van der Waals surface area contributed by atoms with Crippen LogP contribution in [-0.2, 0) is 11.3 Å². The van der Waals surface area contributed by atoms with Crippen molar-refractivity contribution in [3.05, 3.63) is 29.3 Å². The summed E-state index contributed by atoms with van der Waals surface area (Å²) in [6.45, 7) is 0.127. The van der Waals surface area contributed by atoms with Gasteiger partial charge in [0.05, 0.1) is 5.56 Å². The van der Waals surface area contributed by atoms with Gasteiger partial charge >= 0.3 is 13.1 Å². The maximum Gasteiger partial charge on any atom is 0.488 e. The minimum atomic E-state index is -1.55. The van der Waals surface area contributed by atoms with E-state index in [0.29, 0.717) is 16.6 Å². The number of benzene rings is 1. The number of hydrogen-bond donors (Lipinski definition) is 2. The molecule has 1 aliphatic rings. The summed E-state index contributed by atoms with van der Waals surface area (Å²) in [6.07, 6.45) is 0. The van der Waals surface area contributed by atoms with Crippen LogP contribution in [0.3, 0.4) is 0 Å². The number of cyclic esters (lactones) is 1. The van der Waals surface area contributed by atoms with Crippen LogP contribution in [0.15, 0.2) is 18.2 Å². The van der Waals surface area contributed by atoms with Crippen LogP contribution in [0.2, 0.25) is 0 Å². The monoisotopic (exact) mass is 178 g/mol. The molecule has 1 heterocycles. The molecule has 0 unspecified atom stereocenters. The van der Waals surface area contributed by atoms with Gasteiger partial charge in [-0.3, -0.25) is 0 Å². The predicted octanol–water partition coefficient (Wildman–Crippen LogP) is -0.963. The van der Waals surface area contributed by atoms with Crippen molar-refractivity contribution in [2.24, 2.45) is 0 Å². The first-order chi connectivity index (χ1) is 6.20. The topological polar surface area (TPSA) is 66.8 Å². The van der Waals surface area contributed by atoms with Gasteiger partial charge in [-0.1, -0.05) is 12.1 Å². The Morgan fingerprint density at radius 3 is 2.85 bits per heavy atom. The molecule has 5 heteroatoms. The second kappa shape index (κ2) is 2.87. The molecule has 0 atom stereocenters. The molecule has 0 saturated heterocycles. The van der Waals surface area contributed by atoms with Crippen LogP contribution in [0.1, 0.15) is 15.9 Å². The molecule has 0 amide bonds. The van der Waals surface area contributed by atoms with Gasteiger partial charge in [-0.2, -0.15) is 0 Å². The van der Waals surface area contributed by atoms with E-state index in [1.54, 1.807) is 18.2 Å². The van der Waals surface area contributed by atoms with E-state index in [4.69, 9.17) is 14.8 Å². The molecule has 0 radical (unpaired) electrons. The zero-order valence-corrected chi connectivity index (χ0v) is 6.73. The van der Waals surface area contributed by atoms with Crippen LogP contribution in [0.4, 0.5) is 0 Å². The van der Waals surface area contributed by atoms with Gasteiger partial charge in [-0.15, -0.1) is 0 Å². The van der Waals surface area contributed by atoms with Gasteiger partial charge in [-0.05, 0) is 11.5 Å². The molecule has 0 fully saturated rings. The molecule has 4 nitrogen and oxygen atoms in total. The zero-order chi connectivity index (χ0) is 9.42. The van der Waals surface area contributed by atoms with Crippen molar-refractivity contribution in [1.29, 1.82) is 0 Å². The third-order valence-corrected chi connectivity index (χ3v) is 2.06. The summed E-state index contributed by atoms with van der Waals surface area (Å²) in [5.41, 5.74) is 1.33. The second-order valence-electron chi connectivity index (χ2n) is 2.82. The SMILES string of the molecule is O=C1OCc2c(B(O)O)cccc21. The molecular formula is C8H7BO4. The predicted molar refractivity (Wildman–Crippen MR) is 45.4 cm³/mol. The van der Waals surface area contributed by atoms with E-state index in [0.717, 1.165) is 0 Å². The molecule has 1 aliphatic heterocycles. The molecule has 0 aromatic heterocycles. The lowest BCUT2D eigenvalue weighted by molar-refractivity contribution is 0.0535. The van der Waals surface area contributed by atoms with E-state index in [1.807, 2.05) is 0 Å². The summed E-state index contributed by atoms with van der Waals surface area (Å²) in [5, 5.41) is 17.9. The van der Waals surface area contributed by atoms with E-state index >= 15 is 0 Å². The van der Waals surface area contributed by atoms with Crippen LogP contribution < -0.4 is 5.46 Å². The van der Waals surface area contributed by atoms with Gasteiger partial charge in [0.15, 0.2) is 0 Å². The molecule has 13 heavy (non-hydrogen) atoms. The quantitative estimate of drug-likeness (QED) is 0.429. The zero-order valence-electron chi connectivity index (χ0n) is 6.73. The molecule has 0 saturated carbocycles. The number of ether oxygens (including phenoxy) is 1. The van der Waals surface area contributed by atoms with Gasteiger partial charge < -0.3 is 14.8 Å². The summed E-state index contributed by atoms with van der Waals surface area (Å²) in [4.78, 5) is 11.1. The fourth-order valence-corrected chi connectivity index (χ4v) is 1.41. The Balaban J connectivity index is 2.57. The molecule has 66 valence electrons. The minimum Gasteiger partial charge on any atom is -0.457 e. The molecule has 1 aromatic rings. The first-order valence-corrected chi connectivity index (χ1v) is 3.85. The number of rotatable bonds is 1. The molecule has 1 aromatic carbocycles. The Morgan fingerprint density at radius 1 is 1.38 bits per heavy atom. The molecule has 2 rings (SSSR count). The largest absolute Gasteiger partial charge is 0.488 e. The highest BCUT2D eigenvalue weighted by Crippen LogP contribution is 2.17. The van der Waals surface area contributed by atoms with Gasteiger partial charge in [0.25, 0.3) is 0 Å². The normalized spacial score (nSPS) is 13.8. The van der Waals surface area contributed by atoms with Crippen molar-refractivity contribution >= 4 is 18.6 Å². The molecule has 2 N–H and O–H groups in total. The standard InChI is InChI=1S/C8H7BO4/c10-8-5-2-1-3-7(9(11)12)6(5)4-13-8/h1-3,11-12H,4H2. The Morgan fingerprint density at radius 2 is 2.15 bits per heavy atom. The summed E-state index contributed by atoms with van der Waals surface area (Å²) in [5.74, 6) is -0.405. The lowest BCUT2D eigenvalue weighted by Crippen LogP contribution is -2.33. The smallest absolute Gasteiger partial charge is 0.457 e. The third-order valence-electron chi connectivity index (χ3n) is 2.06. The van der Waals surface area contributed by atoms with E-state index in [-0.39, 0.29) is 6.61 Å². The summed E-state index contributed by atoms with van der Waals surface area (Å²) >= 11 is 0. The van der Waals surface area contributed by atoms with Crippen LogP contribution >= 0.6 is 0 Å². The van der Waals surface area contributed by atoms with Crippen LogP contribution in [0.25, 0.3) is 0 Å². The molecule has 0 aliphatic carbocycles. The summed E-state index contributed by atoms with van der Waals surface area (Å²) in [7, 11) is -1.55. The molecule has 0 bridgehead atoms. The highest BCUT2D eigenvalue weighted by atomic mass is 16.5. The van der Waals surface area contributed by atoms with E-state index in [9.17, 15) is 4.79 Å². The first kappa shape index (κ1) is 8.28. The Bertz CT molecular complexity index is 361. The third kappa shape index (κ3) is 1.22. The fourth-order valence-electron chi connectivity index (χ4n) is 1.41. The average Bonchev–Trinajstić information content (AvgIpc) is 2.48. The Hall–Kier alpha value is -1.33. The number of hydrogen-bond acceptors (Lipinski definition) is 4. The highest BCUT2D eigenvalue weighted by Gasteiger charge is 2.27. The highest BCUT2D eigenvalue weighted by molar-refractivity contribution is 6.59. The lowest BCUT2D eigenvalue weighted by Gasteiger charge is -2.02. The Labute approximate surface area is 74.9 Å². The maximum atomic E-state index is 11.1. The number of fused-ring (bicyclic) bond motifs is 1. The van der Waals surface area contributed by atoms with Gasteiger partial charge in [-0.25, -0.2) is 4.79 Å². The minimum absolute atomic E-state index is 0.127. The summed E-state index contributed by atoms with van der Waals surface area (Å²) in [6, 6.07) is 4.77. The maximum absolute atomic E-state index is 11.1. The van der Waals surface area contributed by atoms with Crippen LogP contribution in [-0.4, -0.2) is 23.1 Å². The van der Waals surface area contributed by atoms with Gasteiger partial charge in [0.2, 0.25) is 0 Å². The number of carbonyl (C=O) groups is 1. The fraction of sp³-hybridized carbons (Fsp3) is 0.125. The summed E-state index contributed by atoms with van der Waals surface area (Å²) < 4.78 is 4.75. The van der Waals surface area contributed by atoms with Crippen LogP contribution in [0, 0.1) is 0 Å². The van der Waals surface area contributed by atoms with Crippen molar-refractivity contribution in [3.63, 3.8) is 0 Å². The molecule has 0 spiro atoms. The van der Waals surface area contributed by atoms with Crippen molar-refractivity contribution < 1.29 is 19.6 Å². The van der Waals surface area contributed by atoms with Crippen molar-refractivity contribution in [2.45, 2.75) is 6.61 Å². The van der Waals surface area contributed by atoms with E-state index < -0.39 is 13.1 Å². The van der Waals surface area contributed by atoms with Crippen LogP contribution in [0.5, 0.6) is 0 Å². The van der Waals surface area contributed by atoms with E-state index in [2.05, 4.69) is 0 Å². The number of carbonyl (C=O) groups excluding carboxylic acids is 1.